The van der Waals surface area contributed by atoms with Crippen molar-refractivity contribution >= 4 is 16.1 Å². The summed E-state index contributed by atoms with van der Waals surface area (Å²) in [6.07, 6.45) is -0.694. The summed E-state index contributed by atoms with van der Waals surface area (Å²) >= 11 is 0. The molecule has 0 radical (unpaired) electrons. The van der Waals surface area contributed by atoms with Gasteiger partial charge >= 0.3 is 5.97 Å². The SMILES string of the molecule is CC(OCCOCCOS(=O)(=O)Cc1ccccc1)C(=O)OC(C)(C)C. The Labute approximate surface area is 155 Å². The molecule has 26 heavy (non-hydrogen) atoms. The second-order valence-corrected chi connectivity index (χ2v) is 8.31. The van der Waals surface area contributed by atoms with Crippen LogP contribution in [0.15, 0.2) is 30.3 Å². The molecule has 7 nitrogen and oxygen atoms in total. The summed E-state index contributed by atoms with van der Waals surface area (Å²) in [6.45, 7) is 7.40. The van der Waals surface area contributed by atoms with Crippen LogP contribution in [0.5, 0.6) is 0 Å². The van der Waals surface area contributed by atoms with E-state index in [0.29, 0.717) is 5.56 Å². The van der Waals surface area contributed by atoms with E-state index in [1.54, 1.807) is 52.0 Å². The molecule has 1 atom stereocenters. The van der Waals surface area contributed by atoms with Crippen molar-refractivity contribution in [2.75, 3.05) is 26.4 Å². The first-order valence-corrected chi connectivity index (χ1v) is 10.00. The summed E-state index contributed by atoms with van der Waals surface area (Å²) in [7, 11) is -3.64. The number of ether oxygens (including phenoxy) is 3. The Balaban J connectivity index is 2.13. The number of esters is 1. The highest BCUT2D eigenvalue weighted by Crippen LogP contribution is 2.09. The lowest BCUT2D eigenvalue weighted by atomic mass is 10.2. The van der Waals surface area contributed by atoms with Crippen LogP contribution in [0.25, 0.3) is 0 Å². The van der Waals surface area contributed by atoms with Crippen molar-refractivity contribution < 1.29 is 31.6 Å². The molecule has 0 bridgehead atoms. The van der Waals surface area contributed by atoms with Crippen molar-refractivity contribution in [3.8, 4) is 0 Å². The molecular formula is C18H28O7S. The molecule has 1 rings (SSSR count). The van der Waals surface area contributed by atoms with E-state index in [1.165, 1.54) is 0 Å². The van der Waals surface area contributed by atoms with Crippen molar-refractivity contribution in [2.24, 2.45) is 0 Å². The zero-order chi connectivity index (χ0) is 19.6. The van der Waals surface area contributed by atoms with Gasteiger partial charge in [-0.2, -0.15) is 8.42 Å². The maximum atomic E-state index is 11.8. The molecular weight excluding hydrogens is 360 g/mol. The first kappa shape index (κ1) is 22.6. The molecule has 0 saturated carbocycles. The molecule has 0 aliphatic heterocycles. The number of carbonyl (C=O) groups is 1. The van der Waals surface area contributed by atoms with E-state index in [9.17, 15) is 13.2 Å². The smallest absolute Gasteiger partial charge is 0.335 e. The second-order valence-electron chi connectivity index (χ2n) is 6.67. The molecule has 0 aliphatic carbocycles. The molecule has 0 saturated heterocycles. The van der Waals surface area contributed by atoms with Gasteiger partial charge in [0.25, 0.3) is 10.1 Å². The predicted molar refractivity (Wildman–Crippen MR) is 97.1 cm³/mol. The van der Waals surface area contributed by atoms with Crippen LogP contribution >= 0.6 is 0 Å². The Morgan fingerprint density at radius 3 is 2.27 bits per heavy atom. The minimum absolute atomic E-state index is 0.0726. The van der Waals surface area contributed by atoms with E-state index < -0.39 is 27.8 Å². The lowest BCUT2D eigenvalue weighted by Gasteiger charge is -2.22. The molecule has 0 N–H and O–H groups in total. The fourth-order valence-corrected chi connectivity index (χ4v) is 2.88. The first-order chi connectivity index (χ1) is 12.1. The minimum atomic E-state index is -3.64. The number of carbonyl (C=O) groups excluding carboxylic acids is 1. The van der Waals surface area contributed by atoms with Crippen molar-refractivity contribution in [1.29, 1.82) is 0 Å². The summed E-state index contributed by atoms with van der Waals surface area (Å²) in [4.78, 5) is 11.7. The predicted octanol–water partition coefficient (Wildman–Crippen LogP) is 2.30. The lowest BCUT2D eigenvalue weighted by molar-refractivity contribution is -0.168. The maximum Gasteiger partial charge on any atom is 0.335 e. The summed E-state index contributed by atoms with van der Waals surface area (Å²) in [5.41, 5.74) is 0.103. The Morgan fingerprint density at radius 2 is 1.65 bits per heavy atom. The standard InChI is InChI=1S/C18H28O7S/c1-15(17(19)25-18(2,3)4)23-12-10-22-11-13-24-26(20,21)14-16-8-6-5-7-9-16/h5-9,15H,10-14H2,1-4H3. The Bertz CT molecular complexity index is 635. The minimum Gasteiger partial charge on any atom is -0.458 e. The highest BCUT2D eigenvalue weighted by atomic mass is 32.2. The highest BCUT2D eigenvalue weighted by molar-refractivity contribution is 7.85. The van der Waals surface area contributed by atoms with Gasteiger partial charge in [-0.3, -0.25) is 4.18 Å². The fourth-order valence-electron chi connectivity index (χ4n) is 1.88. The average molecular weight is 388 g/mol. The normalized spacial score (nSPS) is 13.4. The second kappa shape index (κ2) is 10.6. The summed E-state index contributed by atoms with van der Waals surface area (Å²) in [6, 6.07) is 8.80. The third kappa shape index (κ3) is 10.5. The van der Waals surface area contributed by atoms with Crippen LogP contribution in [0.1, 0.15) is 33.3 Å². The van der Waals surface area contributed by atoms with Gasteiger partial charge in [0.15, 0.2) is 6.10 Å². The van der Waals surface area contributed by atoms with Crippen molar-refractivity contribution in [1.82, 2.24) is 0 Å². The van der Waals surface area contributed by atoms with E-state index in [2.05, 4.69) is 0 Å². The van der Waals surface area contributed by atoms with Gasteiger partial charge in [0, 0.05) is 0 Å². The van der Waals surface area contributed by atoms with E-state index >= 15 is 0 Å². The van der Waals surface area contributed by atoms with E-state index in [-0.39, 0.29) is 32.2 Å². The molecule has 0 aromatic heterocycles. The fraction of sp³-hybridized carbons (Fsp3) is 0.611. The number of hydrogen-bond donors (Lipinski definition) is 0. The summed E-state index contributed by atoms with van der Waals surface area (Å²) in [5.74, 6) is -0.613. The van der Waals surface area contributed by atoms with Gasteiger partial charge < -0.3 is 14.2 Å². The highest BCUT2D eigenvalue weighted by Gasteiger charge is 2.22. The average Bonchev–Trinajstić information content (AvgIpc) is 2.52. The van der Waals surface area contributed by atoms with Gasteiger partial charge in [-0.05, 0) is 33.3 Å². The summed E-state index contributed by atoms with van der Waals surface area (Å²) < 4.78 is 44.3. The molecule has 0 aliphatic rings. The quantitative estimate of drug-likeness (QED) is 0.326. The number of rotatable bonds is 11. The van der Waals surface area contributed by atoms with Crippen LogP contribution < -0.4 is 0 Å². The Kier molecular flexibility index (Phi) is 9.21. The Hall–Kier alpha value is -1.48. The molecule has 1 aromatic carbocycles. The van der Waals surface area contributed by atoms with Gasteiger partial charge in [-0.1, -0.05) is 30.3 Å². The monoisotopic (exact) mass is 388 g/mol. The topological polar surface area (TPSA) is 88.1 Å². The van der Waals surface area contributed by atoms with E-state index in [4.69, 9.17) is 18.4 Å². The zero-order valence-corrected chi connectivity index (χ0v) is 16.6. The van der Waals surface area contributed by atoms with Gasteiger partial charge in [-0.15, -0.1) is 0 Å². The van der Waals surface area contributed by atoms with Crippen LogP contribution in [0, 0.1) is 0 Å². The molecule has 0 amide bonds. The third-order valence-electron chi connectivity index (χ3n) is 3.01. The molecule has 1 unspecified atom stereocenters. The molecule has 0 fully saturated rings. The number of hydrogen-bond acceptors (Lipinski definition) is 7. The maximum absolute atomic E-state index is 11.8. The van der Waals surface area contributed by atoms with Crippen LogP contribution in [0.3, 0.4) is 0 Å². The van der Waals surface area contributed by atoms with Crippen LogP contribution in [-0.4, -0.2) is 52.5 Å². The van der Waals surface area contributed by atoms with Gasteiger partial charge in [0.05, 0.1) is 26.4 Å². The molecule has 148 valence electrons. The molecule has 1 aromatic rings. The largest absolute Gasteiger partial charge is 0.458 e. The molecule has 0 spiro atoms. The lowest BCUT2D eigenvalue weighted by Crippen LogP contribution is -2.32. The third-order valence-corrected chi connectivity index (χ3v) is 4.22. The van der Waals surface area contributed by atoms with Crippen LogP contribution in [0.4, 0.5) is 0 Å². The van der Waals surface area contributed by atoms with Crippen molar-refractivity contribution in [3.05, 3.63) is 35.9 Å². The molecule has 0 heterocycles. The van der Waals surface area contributed by atoms with Gasteiger partial charge in [-0.25, -0.2) is 4.79 Å². The van der Waals surface area contributed by atoms with E-state index in [1.807, 2.05) is 6.07 Å². The van der Waals surface area contributed by atoms with E-state index in [0.717, 1.165) is 0 Å². The van der Waals surface area contributed by atoms with Gasteiger partial charge in [0.2, 0.25) is 0 Å². The Morgan fingerprint density at radius 1 is 1.04 bits per heavy atom. The van der Waals surface area contributed by atoms with Crippen LogP contribution in [-0.2, 0) is 39.1 Å². The van der Waals surface area contributed by atoms with Crippen LogP contribution in [0.2, 0.25) is 0 Å². The van der Waals surface area contributed by atoms with Crippen molar-refractivity contribution in [3.63, 3.8) is 0 Å². The summed E-state index contributed by atoms with van der Waals surface area (Å²) in [5, 5.41) is 0. The number of benzene rings is 1. The first-order valence-electron chi connectivity index (χ1n) is 8.42. The zero-order valence-electron chi connectivity index (χ0n) is 15.8. The molecule has 8 heteroatoms. The van der Waals surface area contributed by atoms with Crippen molar-refractivity contribution in [2.45, 2.75) is 45.2 Å². The van der Waals surface area contributed by atoms with Gasteiger partial charge in [0.1, 0.15) is 11.4 Å².